The summed E-state index contributed by atoms with van der Waals surface area (Å²) in [6.45, 7) is 5.14. The minimum Gasteiger partial charge on any atom is -0.371 e. The summed E-state index contributed by atoms with van der Waals surface area (Å²) in [5, 5.41) is 3.59. The summed E-state index contributed by atoms with van der Waals surface area (Å²) in [6.07, 6.45) is 3.44. The SMILES string of the molecule is CCC(N)(CC)COCc1ccno1. The molecule has 0 saturated carbocycles. The molecule has 0 amide bonds. The minimum absolute atomic E-state index is 0.208. The van der Waals surface area contributed by atoms with E-state index in [9.17, 15) is 0 Å². The van der Waals surface area contributed by atoms with Crippen molar-refractivity contribution in [1.82, 2.24) is 5.16 Å². The number of hydrogen-bond acceptors (Lipinski definition) is 4. The lowest BCUT2D eigenvalue weighted by Gasteiger charge is -2.25. The van der Waals surface area contributed by atoms with Gasteiger partial charge in [0.2, 0.25) is 0 Å². The zero-order valence-corrected chi connectivity index (χ0v) is 8.82. The average molecular weight is 198 g/mol. The van der Waals surface area contributed by atoms with Gasteiger partial charge in [0.05, 0.1) is 12.8 Å². The third-order valence-electron chi connectivity index (χ3n) is 2.53. The van der Waals surface area contributed by atoms with Gasteiger partial charge in [0.25, 0.3) is 0 Å². The third kappa shape index (κ3) is 3.12. The lowest BCUT2D eigenvalue weighted by Crippen LogP contribution is -2.43. The Kier molecular flexibility index (Phi) is 4.10. The highest BCUT2D eigenvalue weighted by atomic mass is 16.5. The van der Waals surface area contributed by atoms with Crippen LogP contribution >= 0.6 is 0 Å². The topological polar surface area (TPSA) is 61.3 Å². The summed E-state index contributed by atoms with van der Waals surface area (Å²) < 4.78 is 10.4. The maximum atomic E-state index is 6.06. The highest BCUT2D eigenvalue weighted by molar-refractivity contribution is 4.90. The fourth-order valence-electron chi connectivity index (χ4n) is 1.13. The Balaban J connectivity index is 2.27. The number of nitrogens with zero attached hydrogens (tertiary/aromatic N) is 1. The first kappa shape index (κ1) is 11.2. The molecular formula is C10H18N2O2. The van der Waals surface area contributed by atoms with Crippen molar-refractivity contribution in [2.24, 2.45) is 5.73 Å². The molecule has 1 rings (SSSR count). The molecular weight excluding hydrogens is 180 g/mol. The molecule has 0 spiro atoms. The Labute approximate surface area is 84.4 Å². The first-order chi connectivity index (χ1) is 6.70. The zero-order chi connectivity index (χ0) is 10.4. The smallest absolute Gasteiger partial charge is 0.162 e. The monoisotopic (exact) mass is 198 g/mol. The Morgan fingerprint density at radius 2 is 2.21 bits per heavy atom. The quantitative estimate of drug-likeness (QED) is 0.755. The number of ether oxygens (including phenoxy) is 1. The van der Waals surface area contributed by atoms with Crippen molar-refractivity contribution in [3.8, 4) is 0 Å². The van der Waals surface area contributed by atoms with Crippen molar-refractivity contribution < 1.29 is 9.26 Å². The van der Waals surface area contributed by atoms with Crippen molar-refractivity contribution in [2.75, 3.05) is 6.61 Å². The third-order valence-corrected chi connectivity index (χ3v) is 2.53. The van der Waals surface area contributed by atoms with Gasteiger partial charge in [0.15, 0.2) is 5.76 Å². The largest absolute Gasteiger partial charge is 0.371 e. The Bertz CT molecular complexity index is 243. The van der Waals surface area contributed by atoms with Gasteiger partial charge in [0, 0.05) is 11.6 Å². The second-order valence-electron chi connectivity index (χ2n) is 3.54. The molecule has 4 heteroatoms. The van der Waals surface area contributed by atoms with E-state index in [4.69, 9.17) is 15.0 Å². The molecule has 0 unspecified atom stereocenters. The van der Waals surface area contributed by atoms with E-state index in [2.05, 4.69) is 19.0 Å². The standard InChI is InChI=1S/C10H18N2O2/c1-3-10(11,4-2)8-13-7-9-5-6-12-14-9/h5-6H,3-4,7-8,11H2,1-2H3. The van der Waals surface area contributed by atoms with Gasteiger partial charge in [-0.3, -0.25) is 0 Å². The van der Waals surface area contributed by atoms with Crippen LogP contribution < -0.4 is 5.73 Å². The van der Waals surface area contributed by atoms with Crippen LogP contribution in [0.25, 0.3) is 0 Å². The van der Waals surface area contributed by atoms with Crippen LogP contribution in [0, 0.1) is 0 Å². The molecule has 0 aliphatic heterocycles. The van der Waals surface area contributed by atoms with Crippen LogP contribution in [0.3, 0.4) is 0 Å². The van der Waals surface area contributed by atoms with Crippen LogP contribution in [-0.2, 0) is 11.3 Å². The number of nitrogens with two attached hydrogens (primary N) is 1. The van der Waals surface area contributed by atoms with E-state index in [-0.39, 0.29) is 5.54 Å². The molecule has 0 radical (unpaired) electrons. The molecule has 2 N–H and O–H groups in total. The Hall–Kier alpha value is -0.870. The second kappa shape index (κ2) is 5.12. The lowest BCUT2D eigenvalue weighted by molar-refractivity contribution is 0.0567. The van der Waals surface area contributed by atoms with E-state index < -0.39 is 0 Å². The van der Waals surface area contributed by atoms with Gasteiger partial charge in [-0.25, -0.2) is 0 Å². The molecule has 0 aromatic carbocycles. The van der Waals surface area contributed by atoms with Crippen molar-refractivity contribution in [3.63, 3.8) is 0 Å². The molecule has 0 atom stereocenters. The summed E-state index contributed by atoms with van der Waals surface area (Å²) >= 11 is 0. The molecule has 1 heterocycles. The van der Waals surface area contributed by atoms with E-state index in [1.807, 2.05) is 0 Å². The predicted molar refractivity (Wildman–Crippen MR) is 53.7 cm³/mol. The van der Waals surface area contributed by atoms with Crippen LogP contribution in [0.5, 0.6) is 0 Å². The zero-order valence-electron chi connectivity index (χ0n) is 8.82. The average Bonchev–Trinajstić information content (AvgIpc) is 2.70. The van der Waals surface area contributed by atoms with Crippen LogP contribution in [0.15, 0.2) is 16.8 Å². The molecule has 0 saturated heterocycles. The van der Waals surface area contributed by atoms with Crippen molar-refractivity contribution in [1.29, 1.82) is 0 Å². The molecule has 14 heavy (non-hydrogen) atoms. The maximum absolute atomic E-state index is 6.06. The highest BCUT2D eigenvalue weighted by Gasteiger charge is 2.20. The molecule has 0 bridgehead atoms. The summed E-state index contributed by atoms with van der Waals surface area (Å²) in [6, 6.07) is 1.79. The van der Waals surface area contributed by atoms with Crippen LogP contribution in [0.2, 0.25) is 0 Å². The second-order valence-corrected chi connectivity index (χ2v) is 3.54. The van der Waals surface area contributed by atoms with E-state index >= 15 is 0 Å². The highest BCUT2D eigenvalue weighted by Crippen LogP contribution is 2.12. The van der Waals surface area contributed by atoms with Crippen molar-refractivity contribution in [3.05, 3.63) is 18.0 Å². The molecule has 80 valence electrons. The van der Waals surface area contributed by atoms with Gasteiger partial charge in [-0.15, -0.1) is 0 Å². The van der Waals surface area contributed by atoms with Crippen molar-refractivity contribution in [2.45, 2.75) is 38.8 Å². The number of aromatic nitrogens is 1. The van der Waals surface area contributed by atoms with Crippen LogP contribution in [0.4, 0.5) is 0 Å². The number of hydrogen-bond donors (Lipinski definition) is 1. The molecule has 0 aliphatic carbocycles. The van der Waals surface area contributed by atoms with Gasteiger partial charge >= 0.3 is 0 Å². The van der Waals surface area contributed by atoms with Gasteiger partial charge in [0.1, 0.15) is 6.61 Å². The maximum Gasteiger partial charge on any atom is 0.162 e. The molecule has 4 nitrogen and oxygen atoms in total. The fraction of sp³-hybridized carbons (Fsp3) is 0.700. The van der Waals surface area contributed by atoms with E-state index in [0.717, 1.165) is 18.6 Å². The lowest BCUT2D eigenvalue weighted by atomic mass is 9.96. The van der Waals surface area contributed by atoms with Gasteiger partial charge in [-0.2, -0.15) is 0 Å². The summed E-state index contributed by atoms with van der Waals surface area (Å²) in [5.41, 5.74) is 5.86. The first-order valence-corrected chi connectivity index (χ1v) is 4.96. The van der Waals surface area contributed by atoms with E-state index in [1.165, 1.54) is 0 Å². The fourth-order valence-corrected chi connectivity index (χ4v) is 1.13. The summed E-state index contributed by atoms with van der Waals surface area (Å²) in [4.78, 5) is 0. The molecule has 0 aliphatic rings. The Morgan fingerprint density at radius 3 is 2.71 bits per heavy atom. The summed E-state index contributed by atoms with van der Waals surface area (Å²) in [7, 11) is 0. The predicted octanol–water partition coefficient (Wildman–Crippen LogP) is 1.71. The molecule has 0 fully saturated rings. The number of rotatable bonds is 6. The summed E-state index contributed by atoms with van der Waals surface area (Å²) in [5.74, 6) is 0.736. The minimum atomic E-state index is -0.208. The molecule has 1 aromatic heterocycles. The van der Waals surface area contributed by atoms with Gasteiger partial charge in [-0.1, -0.05) is 19.0 Å². The van der Waals surface area contributed by atoms with Crippen LogP contribution in [0.1, 0.15) is 32.4 Å². The van der Waals surface area contributed by atoms with Gasteiger partial charge < -0.3 is 15.0 Å². The Morgan fingerprint density at radius 1 is 1.50 bits per heavy atom. The van der Waals surface area contributed by atoms with Crippen molar-refractivity contribution >= 4 is 0 Å². The first-order valence-electron chi connectivity index (χ1n) is 4.96. The van der Waals surface area contributed by atoms with Gasteiger partial charge in [-0.05, 0) is 12.8 Å². The molecule has 1 aromatic rings. The van der Waals surface area contributed by atoms with E-state index in [0.29, 0.717) is 13.2 Å². The van der Waals surface area contributed by atoms with Crippen LogP contribution in [-0.4, -0.2) is 17.3 Å². The normalized spacial score (nSPS) is 11.9. The van der Waals surface area contributed by atoms with E-state index in [1.54, 1.807) is 12.3 Å².